The lowest BCUT2D eigenvalue weighted by molar-refractivity contribution is -0.0228. The van der Waals surface area contributed by atoms with E-state index in [0.29, 0.717) is 36.4 Å². The van der Waals surface area contributed by atoms with Gasteiger partial charge in [-0.3, -0.25) is 9.59 Å². The maximum atomic E-state index is 13.3. The highest BCUT2D eigenvalue weighted by Gasteiger charge is 2.28. The minimum Gasteiger partial charge on any atom is -0.370 e. The van der Waals surface area contributed by atoms with Crippen LogP contribution < -0.4 is 0 Å². The summed E-state index contributed by atoms with van der Waals surface area (Å²) in [6, 6.07) is 26.0. The Morgan fingerprint density at radius 2 is 1.39 bits per heavy atom. The zero-order valence-corrected chi connectivity index (χ0v) is 15.5. The molecular weight excluding hydrogens is 350 g/mol. The largest absolute Gasteiger partial charge is 0.370 e. The molecule has 0 spiro atoms. The topological polar surface area (TPSA) is 46.6 Å². The number of carbonyl (C=O) groups excluding carboxylic acids is 2. The quantitative estimate of drug-likeness (QED) is 0.648. The maximum Gasteiger partial charge on any atom is 0.254 e. The second kappa shape index (κ2) is 8.19. The highest BCUT2D eigenvalue weighted by atomic mass is 16.5. The lowest BCUT2D eigenvalue weighted by atomic mass is 9.97. The summed E-state index contributed by atoms with van der Waals surface area (Å²) < 4.78 is 5.87. The molecule has 1 unspecified atom stereocenters. The molecule has 0 radical (unpaired) electrons. The monoisotopic (exact) mass is 371 g/mol. The van der Waals surface area contributed by atoms with Crippen LogP contribution in [-0.2, 0) is 4.74 Å². The molecule has 4 nitrogen and oxygen atoms in total. The lowest BCUT2D eigenvalue weighted by Gasteiger charge is -2.33. The van der Waals surface area contributed by atoms with Gasteiger partial charge in [0.2, 0.25) is 0 Å². The van der Waals surface area contributed by atoms with Crippen LogP contribution in [-0.4, -0.2) is 36.3 Å². The Bertz CT molecular complexity index is 969. The summed E-state index contributed by atoms with van der Waals surface area (Å²) in [7, 11) is 0. The Balaban J connectivity index is 1.59. The van der Waals surface area contributed by atoms with Crippen molar-refractivity contribution in [3.05, 3.63) is 107 Å². The fourth-order valence-corrected chi connectivity index (χ4v) is 3.49. The van der Waals surface area contributed by atoms with Crippen molar-refractivity contribution < 1.29 is 14.3 Å². The van der Waals surface area contributed by atoms with E-state index in [-0.39, 0.29) is 17.8 Å². The molecule has 0 aliphatic carbocycles. The van der Waals surface area contributed by atoms with Gasteiger partial charge in [0.05, 0.1) is 18.7 Å². The molecule has 0 saturated carbocycles. The van der Waals surface area contributed by atoms with E-state index in [2.05, 4.69) is 0 Å². The summed E-state index contributed by atoms with van der Waals surface area (Å²) in [6.07, 6.45) is -0.157. The number of nitrogens with zero attached hydrogens (tertiary/aromatic N) is 1. The molecule has 1 amide bonds. The van der Waals surface area contributed by atoms with Gasteiger partial charge in [0.25, 0.3) is 5.91 Å². The number of rotatable bonds is 4. The van der Waals surface area contributed by atoms with E-state index in [1.54, 1.807) is 41.3 Å². The molecule has 3 aromatic carbocycles. The predicted molar refractivity (Wildman–Crippen MR) is 107 cm³/mol. The molecule has 1 saturated heterocycles. The predicted octanol–water partition coefficient (Wildman–Crippen LogP) is 4.13. The molecule has 1 heterocycles. The number of hydrogen-bond donors (Lipinski definition) is 0. The van der Waals surface area contributed by atoms with Crippen molar-refractivity contribution in [1.82, 2.24) is 4.90 Å². The third kappa shape index (κ3) is 3.73. The number of ether oxygens (including phenoxy) is 1. The van der Waals surface area contributed by atoms with Crippen LogP contribution in [0.25, 0.3) is 0 Å². The van der Waals surface area contributed by atoms with Crippen LogP contribution in [0.5, 0.6) is 0 Å². The van der Waals surface area contributed by atoms with Gasteiger partial charge in [-0.2, -0.15) is 0 Å². The Morgan fingerprint density at radius 3 is 2.11 bits per heavy atom. The second-order valence-electron chi connectivity index (χ2n) is 6.76. The van der Waals surface area contributed by atoms with Gasteiger partial charge in [-0.05, 0) is 11.6 Å². The van der Waals surface area contributed by atoms with E-state index >= 15 is 0 Å². The van der Waals surface area contributed by atoms with E-state index in [4.69, 9.17) is 4.74 Å². The van der Waals surface area contributed by atoms with Gasteiger partial charge in [-0.15, -0.1) is 0 Å². The molecule has 1 fully saturated rings. The number of ketones is 1. The van der Waals surface area contributed by atoms with Crippen LogP contribution >= 0.6 is 0 Å². The van der Waals surface area contributed by atoms with E-state index in [1.165, 1.54) is 0 Å². The number of carbonyl (C=O) groups is 2. The van der Waals surface area contributed by atoms with Crippen molar-refractivity contribution in [1.29, 1.82) is 0 Å². The molecule has 140 valence electrons. The summed E-state index contributed by atoms with van der Waals surface area (Å²) in [5, 5.41) is 0. The second-order valence-corrected chi connectivity index (χ2v) is 6.76. The number of hydrogen-bond acceptors (Lipinski definition) is 3. The smallest absolute Gasteiger partial charge is 0.254 e. The standard InChI is InChI=1S/C24H21NO3/c26-23(19-11-5-2-6-12-19)20-13-7-8-14-21(20)24(27)25-15-16-28-22(17-25)18-9-3-1-4-10-18/h1-14,22H,15-17H2. The lowest BCUT2D eigenvalue weighted by Crippen LogP contribution is -2.42. The molecule has 4 heteroatoms. The average molecular weight is 371 g/mol. The molecule has 4 rings (SSSR count). The summed E-state index contributed by atoms with van der Waals surface area (Å²) in [5.41, 5.74) is 2.49. The van der Waals surface area contributed by atoms with Crippen molar-refractivity contribution >= 4 is 11.7 Å². The molecule has 0 aromatic heterocycles. The normalized spacial score (nSPS) is 16.6. The van der Waals surface area contributed by atoms with Gasteiger partial charge in [-0.25, -0.2) is 0 Å². The van der Waals surface area contributed by atoms with Gasteiger partial charge in [0.15, 0.2) is 5.78 Å². The molecular formula is C24H21NO3. The molecule has 1 aliphatic rings. The molecule has 0 N–H and O–H groups in total. The van der Waals surface area contributed by atoms with Gasteiger partial charge >= 0.3 is 0 Å². The van der Waals surface area contributed by atoms with Crippen molar-refractivity contribution in [2.75, 3.05) is 19.7 Å². The Labute approximate surface area is 164 Å². The van der Waals surface area contributed by atoms with E-state index in [9.17, 15) is 9.59 Å². The Kier molecular flexibility index (Phi) is 5.31. The highest BCUT2D eigenvalue weighted by molar-refractivity contribution is 6.15. The van der Waals surface area contributed by atoms with Crippen molar-refractivity contribution in [3.63, 3.8) is 0 Å². The maximum absolute atomic E-state index is 13.3. The van der Waals surface area contributed by atoms with Crippen LogP contribution in [0.15, 0.2) is 84.9 Å². The van der Waals surface area contributed by atoms with Gasteiger partial charge in [0, 0.05) is 17.7 Å². The van der Waals surface area contributed by atoms with Gasteiger partial charge < -0.3 is 9.64 Å². The Hall–Kier alpha value is -3.24. The molecule has 28 heavy (non-hydrogen) atoms. The summed E-state index contributed by atoms with van der Waals surface area (Å²) >= 11 is 0. The van der Waals surface area contributed by atoms with Crippen LogP contribution in [0.3, 0.4) is 0 Å². The number of benzene rings is 3. The zero-order valence-electron chi connectivity index (χ0n) is 15.5. The number of amides is 1. The third-order valence-electron chi connectivity index (χ3n) is 4.96. The first-order chi connectivity index (χ1) is 13.7. The fourth-order valence-electron chi connectivity index (χ4n) is 3.49. The first-order valence-electron chi connectivity index (χ1n) is 9.38. The average Bonchev–Trinajstić information content (AvgIpc) is 2.79. The van der Waals surface area contributed by atoms with Crippen LogP contribution in [0.2, 0.25) is 0 Å². The minimum absolute atomic E-state index is 0.135. The van der Waals surface area contributed by atoms with Crippen LogP contribution in [0.1, 0.15) is 37.9 Å². The van der Waals surface area contributed by atoms with Gasteiger partial charge in [-0.1, -0.05) is 78.9 Å². The molecule has 0 bridgehead atoms. The summed E-state index contributed by atoms with van der Waals surface area (Å²) in [5.74, 6) is -0.276. The first kappa shape index (κ1) is 18.1. The molecule has 3 aromatic rings. The fraction of sp³-hybridized carbons (Fsp3) is 0.167. The van der Waals surface area contributed by atoms with E-state index < -0.39 is 0 Å². The van der Waals surface area contributed by atoms with Crippen LogP contribution in [0.4, 0.5) is 0 Å². The Morgan fingerprint density at radius 1 is 0.786 bits per heavy atom. The molecule has 1 atom stereocenters. The van der Waals surface area contributed by atoms with E-state index in [1.807, 2.05) is 48.5 Å². The summed E-state index contributed by atoms with van der Waals surface area (Å²) in [6.45, 7) is 1.45. The zero-order chi connectivity index (χ0) is 19.3. The third-order valence-corrected chi connectivity index (χ3v) is 4.96. The van der Waals surface area contributed by atoms with Crippen LogP contribution in [0, 0.1) is 0 Å². The minimum atomic E-state index is -0.157. The SMILES string of the molecule is O=C(c1ccccc1)c1ccccc1C(=O)N1CCOC(c2ccccc2)C1. The van der Waals surface area contributed by atoms with Crippen molar-refractivity contribution in [2.24, 2.45) is 0 Å². The molecule has 1 aliphatic heterocycles. The van der Waals surface area contributed by atoms with Crippen molar-refractivity contribution in [3.8, 4) is 0 Å². The number of morpholine rings is 1. The highest BCUT2D eigenvalue weighted by Crippen LogP contribution is 2.24. The first-order valence-corrected chi connectivity index (χ1v) is 9.38. The summed E-state index contributed by atoms with van der Waals surface area (Å²) in [4.78, 5) is 28.0. The van der Waals surface area contributed by atoms with Crippen molar-refractivity contribution in [2.45, 2.75) is 6.10 Å². The van der Waals surface area contributed by atoms with E-state index in [0.717, 1.165) is 5.56 Å². The van der Waals surface area contributed by atoms with Gasteiger partial charge in [0.1, 0.15) is 6.10 Å².